The van der Waals surface area contributed by atoms with Crippen LogP contribution >= 0.6 is 0 Å². The molecule has 0 aromatic heterocycles. The molecule has 3 nitrogen and oxygen atoms in total. The van der Waals surface area contributed by atoms with Crippen LogP contribution in [0.1, 0.15) is 18.1 Å². The average molecular weight is 246 g/mol. The second kappa shape index (κ2) is 5.29. The fourth-order valence-electron chi connectivity index (χ4n) is 2.80. The molecule has 0 unspecified atom stereocenters. The van der Waals surface area contributed by atoms with E-state index in [9.17, 15) is 0 Å². The first-order chi connectivity index (χ1) is 8.85. The van der Waals surface area contributed by atoms with Crippen LogP contribution in [0.15, 0.2) is 18.2 Å². The van der Waals surface area contributed by atoms with Crippen molar-refractivity contribution in [1.29, 1.82) is 0 Å². The van der Waals surface area contributed by atoms with Crippen molar-refractivity contribution in [3.8, 4) is 5.75 Å². The third-order valence-electron chi connectivity index (χ3n) is 4.03. The van der Waals surface area contributed by atoms with Crippen molar-refractivity contribution in [2.24, 2.45) is 5.92 Å². The maximum atomic E-state index is 5.92. The summed E-state index contributed by atoms with van der Waals surface area (Å²) >= 11 is 0. The zero-order chi connectivity index (χ0) is 12.4. The standard InChI is InChI=1S/C15H22N2O/c1-2-17-9-12(10-17)11-18-15-4-3-14-8-16-6-5-13(14)7-15/h3-4,7,12,16H,2,5-6,8-11H2,1H3. The molecule has 0 aliphatic carbocycles. The van der Waals surface area contributed by atoms with Gasteiger partial charge < -0.3 is 15.0 Å². The lowest BCUT2D eigenvalue weighted by Crippen LogP contribution is -2.48. The van der Waals surface area contributed by atoms with E-state index in [-0.39, 0.29) is 0 Å². The van der Waals surface area contributed by atoms with Crippen LogP contribution in [0.5, 0.6) is 5.75 Å². The number of hydrogen-bond donors (Lipinski definition) is 1. The molecule has 0 saturated carbocycles. The first-order valence-corrected chi connectivity index (χ1v) is 7.03. The lowest BCUT2D eigenvalue weighted by atomic mass is 10.0. The summed E-state index contributed by atoms with van der Waals surface area (Å²) in [5.74, 6) is 1.77. The van der Waals surface area contributed by atoms with Gasteiger partial charge in [0.1, 0.15) is 5.75 Å². The highest BCUT2D eigenvalue weighted by Crippen LogP contribution is 2.22. The van der Waals surface area contributed by atoms with Crippen molar-refractivity contribution in [2.75, 3.05) is 32.8 Å². The average Bonchev–Trinajstić information content (AvgIpc) is 2.37. The van der Waals surface area contributed by atoms with E-state index in [0.29, 0.717) is 0 Å². The van der Waals surface area contributed by atoms with Crippen LogP contribution < -0.4 is 10.1 Å². The first-order valence-electron chi connectivity index (χ1n) is 7.03. The van der Waals surface area contributed by atoms with Crippen LogP contribution in [0.2, 0.25) is 0 Å². The molecule has 1 aromatic rings. The maximum Gasteiger partial charge on any atom is 0.119 e. The van der Waals surface area contributed by atoms with Gasteiger partial charge in [0.05, 0.1) is 6.61 Å². The SMILES string of the molecule is CCN1CC(COc2ccc3c(c2)CCNC3)C1. The minimum absolute atomic E-state index is 0.725. The van der Waals surface area contributed by atoms with E-state index in [0.717, 1.165) is 37.8 Å². The largest absolute Gasteiger partial charge is 0.493 e. The van der Waals surface area contributed by atoms with Gasteiger partial charge in [0.15, 0.2) is 0 Å². The summed E-state index contributed by atoms with van der Waals surface area (Å²) in [6, 6.07) is 6.55. The summed E-state index contributed by atoms with van der Waals surface area (Å²) in [4.78, 5) is 2.45. The lowest BCUT2D eigenvalue weighted by Gasteiger charge is -2.38. The number of likely N-dealkylation sites (tertiary alicyclic amines) is 1. The third-order valence-corrected chi connectivity index (χ3v) is 4.03. The van der Waals surface area contributed by atoms with Crippen molar-refractivity contribution < 1.29 is 4.74 Å². The van der Waals surface area contributed by atoms with Crippen LogP contribution in [0.4, 0.5) is 0 Å². The Kier molecular flexibility index (Phi) is 3.52. The summed E-state index contributed by atoms with van der Waals surface area (Å²) in [5, 5.41) is 3.39. The second-order valence-electron chi connectivity index (χ2n) is 5.39. The Morgan fingerprint density at radius 2 is 2.22 bits per heavy atom. The molecule has 98 valence electrons. The quantitative estimate of drug-likeness (QED) is 0.874. The van der Waals surface area contributed by atoms with E-state index in [1.807, 2.05) is 0 Å². The Bertz CT molecular complexity index is 413. The van der Waals surface area contributed by atoms with Gasteiger partial charge in [-0.3, -0.25) is 0 Å². The number of nitrogens with zero attached hydrogens (tertiary/aromatic N) is 1. The van der Waals surface area contributed by atoms with Gasteiger partial charge >= 0.3 is 0 Å². The van der Waals surface area contributed by atoms with Gasteiger partial charge in [-0.25, -0.2) is 0 Å². The Balaban J connectivity index is 1.54. The van der Waals surface area contributed by atoms with Crippen molar-refractivity contribution in [1.82, 2.24) is 10.2 Å². The molecule has 0 spiro atoms. The van der Waals surface area contributed by atoms with Crippen molar-refractivity contribution in [3.05, 3.63) is 29.3 Å². The molecule has 18 heavy (non-hydrogen) atoms. The van der Waals surface area contributed by atoms with Gasteiger partial charge in [0, 0.05) is 25.6 Å². The molecule has 1 fully saturated rings. The molecule has 0 radical (unpaired) electrons. The zero-order valence-electron chi connectivity index (χ0n) is 11.1. The predicted molar refractivity (Wildman–Crippen MR) is 73.0 cm³/mol. The van der Waals surface area contributed by atoms with Gasteiger partial charge in [-0.2, -0.15) is 0 Å². The van der Waals surface area contributed by atoms with E-state index < -0.39 is 0 Å². The van der Waals surface area contributed by atoms with E-state index in [1.165, 1.54) is 30.8 Å². The topological polar surface area (TPSA) is 24.5 Å². The number of ether oxygens (including phenoxy) is 1. The molecule has 2 aliphatic rings. The number of fused-ring (bicyclic) bond motifs is 1. The van der Waals surface area contributed by atoms with Crippen LogP contribution in [0, 0.1) is 5.92 Å². The molecule has 0 amide bonds. The number of benzene rings is 1. The van der Waals surface area contributed by atoms with Gasteiger partial charge in [0.25, 0.3) is 0 Å². The Morgan fingerprint density at radius 1 is 1.33 bits per heavy atom. The van der Waals surface area contributed by atoms with E-state index in [1.54, 1.807) is 0 Å². The Labute approximate surface area is 109 Å². The zero-order valence-corrected chi connectivity index (χ0v) is 11.1. The molecule has 0 atom stereocenters. The smallest absolute Gasteiger partial charge is 0.119 e. The Morgan fingerprint density at radius 3 is 3.06 bits per heavy atom. The summed E-state index contributed by atoms with van der Waals surface area (Å²) in [6.45, 7) is 8.75. The van der Waals surface area contributed by atoms with E-state index in [2.05, 4.69) is 35.3 Å². The van der Waals surface area contributed by atoms with Gasteiger partial charge in [-0.1, -0.05) is 13.0 Å². The minimum atomic E-state index is 0.725. The highest BCUT2D eigenvalue weighted by molar-refractivity contribution is 5.37. The van der Waals surface area contributed by atoms with Crippen LogP contribution in [-0.2, 0) is 13.0 Å². The number of rotatable bonds is 4. The van der Waals surface area contributed by atoms with Gasteiger partial charge in [0.2, 0.25) is 0 Å². The fourth-order valence-corrected chi connectivity index (χ4v) is 2.80. The maximum absolute atomic E-state index is 5.92. The Hall–Kier alpha value is -1.06. The summed E-state index contributed by atoms with van der Waals surface area (Å²) < 4.78 is 5.92. The normalized spacial score (nSPS) is 20.3. The van der Waals surface area contributed by atoms with Crippen molar-refractivity contribution in [3.63, 3.8) is 0 Å². The molecule has 2 heterocycles. The number of nitrogens with one attached hydrogen (secondary N) is 1. The van der Waals surface area contributed by atoms with Gasteiger partial charge in [-0.15, -0.1) is 0 Å². The molecule has 2 aliphatic heterocycles. The third kappa shape index (κ3) is 2.52. The van der Waals surface area contributed by atoms with Gasteiger partial charge in [-0.05, 0) is 42.8 Å². The van der Waals surface area contributed by atoms with Crippen LogP contribution in [0.3, 0.4) is 0 Å². The molecule has 0 bridgehead atoms. The van der Waals surface area contributed by atoms with Crippen LogP contribution in [0.25, 0.3) is 0 Å². The summed E-state index contributed by atoms with van der Waals surface area (Å²) in [7, 11) is 0. The van der Waals surface area contributed by atoms with E-state index >= 15 is 0 Å². The predicted octanol–water partition coefficient (Wildman–Crippen LogP) is 1.66. The van der Waals surface area contributed by atoms with Crippen molar-refractivity contribution >= 4 is 0 Å². The van der Waals surface area contributed by atoms with Crippen molar-refractivity contribution in [2.45, 2.75) is 19.9 Å². The molecule has 1 saturated heterocycles. The lowest BCUT2D eigenvalue weighted by molar-refractivity contribution is 0.0671. The van der Waals surface area contributed by atoms with E-state index in [4.69, 9.17) is 4.74 Å². The fraction of sp³-hybridized carbons (Fsp3) is 0.600. The highest BCUT2D eigenvalue weighted by Gasteiger charge is 2.25. The molecule has 1 N–H and O–H groups in total. The minimum Gasteiger partial charge on any atom is -0.493 e. The molecule has 3 heteroatoms. The summed E-state index contributed by atoms with van der Waals surface area (Å²) in [5.41, 5.74) is 2.88. The monoisotopic (exact) mass is 246 g/mol. The number of hydrogen-bond acceptors (Lipinski definition) is 3. The molecule has 1 aromatic carbocycles. The summed E-state index contributed by atoms with van der Waals surface area (Å²) in [6.07, 6.45) is 1.12. The molecular formula is C15H22N2O. The first kappa shape index (κ1) is 12.0. The molecule has 3 rings (SSSR count). The van der Waals surface area contributed by atoms with Crippen LogP contribution in [-0.4, -0.2) is 37.7 Å². The second-order valence-corrected chi connectivity index (χ2v) is 5.39. The molecular weight excluding hydrogens is 224 g/mol. The highest BCUT2D eigenvalue weighted by atomic mass is 16.5.